The molecular weight excluding hydrogens is 266 g/mol. The molecule has 3 aromatic rings. The fraction of sp³-hybridized carbons (Fsp3) is 0.188. The fourth-order valence-corrected chi connectivity index (χ4v) is 2.65. The lowest BCUT2D eigenvalue weighted by atomic mass is 10.0. The number of rotatable bonds is 3. The van der Waals surface area contributed by atoms with Crippen LogP contribution in [0.4, 0.5) is 5.82 Å². The van der Waals surface area contributed by atoms with E-state index in [1.54, 1.807) is 17.7 Å². The molecule has 5 heteroatoms. The Bertz CT molecular complexity index is 837. The van der Waals surface area contributed by atoms with Crippen LogP contribution in [0.2, 0.25) is 0 Å². The number of imidazole rings is 1. The second-order valence-electron chi connectivity index (χ2n) is 4.97. The van der Waals surface area contributed by atoms with Crippen molar-refractivity contribution in [1.82, 2.24) is 9.38 Å². The van der Waals surface area contributed by atoms with Gasteiger partial charge in [0.1, 0.15) is 17.1 Å². The number of benzene rings is 1. The van der Waals surface area contributed by atoms with Gasteiger partial charge in [-0.25, -0.2) is 4.98 Å². The van der Waals surface area contributed by atoms with E-state index in [1.165, 1.54) is 0 Å². The molecular formula is C16H15N3O2. The number of ether oxygens (including phenoxy) is 1. The molecule has 0 atom stereocenters. The van der Waals surface area contributed by atoms with Gasteiger partial charge in [0.25, 0.3) is 0 Å². The normalized spacial score (nSPS) is 10.8. The molecule has 106 valence electrons. The van der Waals surface area contributed by atoms with Crippen LogP contribution in [0.3, 0.4) is 0 Å². The minimum absolute atomic E-state index is 0.286. The molecule has 21 heavy (non-hydrogen) atoms. The van der Waals surface area contributed by atoms with E-state index in [4.69, 9.17) is 4.74 Å². The van der Waals surface area contributed by atoms with Gasteiger partial charge in [0.2, 0.25) is 5.82 Å². The van der Waals surface area contributed by atoms with Crippen LogP contribution in [0, 0.1) is 18.8 Å². The lowest BCUT2D eigenvalue weighted by Crippen LogP contribution is -1.93. The van der Waals surface area contributed by atoms with Crippen molar-refractivity contribution in [2.24, 2.45) is 5.18 Å². The standard InChI is InChI=1S/C16H15N3O2/c1-10-8-11(2)15(21-3)12(9-10)14-16(18-20)19-7-5-4-6-13(19)17-14/h4-9H,1-3H3. The van der Waals surface area contributed by atoms with Crippen LogP contribution >= 0.6 is 0 Å². The first-order chi connectivity index (χ1) is 10.2. The molecule has 0 aliphatic heterocycles. The molecule has 0 saturated carbocycles. The van der Waals surface area contributed by atoms with Crippen molar-refractivity contribution in [3.8, 4) is 17.0 Å². The van der Waals surface area contributed by atoms with Crippen LogP contribution in [0.5, 0.6) is 5.75 Å². The maximum atomic E-state index is 11.3. The lowest BCUT2D eigenvalue weighted by Gasteiger charge is -2.11. The van der Waals surface area contributed by atoms with Gasteiger partial charge < -0.3 is 4.74 Å². The summed E-state index contributed by atoms with van der Waals surface area (Å²) in [7, 11) is 1.62. The first-order valence-corrected chi connectivity index (χ1v) is 6.61. The van der Waals surface area contributed by atoms with Gasteiger partial charge in [-0.3, -0.25) is 4.40 Å². The highest BCUT2D eigenvalue weighted by atomic mass is 16.5. The third-order valence-corrected chi connectivity index (χ3v) is 3.47. The van der Waals surface area contributed by atoms with Gasteiger partial charge in [-0.15, -0.1) is 4.91 Å². The van der Waals surface area contributed by atoms with Crippen LogP contribution in [0.1, 0.15) is 11.1 Å². The number of aryl methyl sites for hydroxylation is 2. The summed E-state index contributed by atoms with van der Waals surface area (Å²) in [6.45, 7) is 3.97. The number of hydrogen-bond donors (Lipinski definition) is 0. The quantitative estimate of drug-likeness (QED) is 0.681. The summed E-state index contributed by atoms with van der Waals surface area (Å²) in [4.78, 5) is 15.8. The third kappa shape index (κ3) is 2.07. The topological polar surface area (TPSA) is 56.0 Å². The third-order valence-electron chi connectivity index (χ3n) is 3.47. The number of nitrogens with zero attached hydrogens (tertiary/aromatic N) is 3. The molecule has 1 aromatic carbocycles. The van der Waals surface area contributed by atoms with Crippen molar-refractivity contribution < 1.29 is 4.74 Å². The van der Waals surface area contributed by atoms with Gasteiger partial charge in [0.15, 0.2) is 0 Å². The van der Waals surface area contributed by atoms with Crippen molar-refractivity contribution in [3.05, 3.63) is 52.6 Å². The second kappa shape index (κ2) is 5.01. The molecule has 0 spiro atoms. The summed E-state index contributed by atoms with van der Waals surface area (Å²) in [5, 5.41) is 3.16. The van der Waals surface area contributed by atoms with Crippen molar-refractivity contribution in [1.29, 1.82) is 0 Å². The van der Waals surface area contributed by atoms with E-state index in [9.17, 15) is 4.91 Å². The van der Waals surface area contributed by atoms with Crippen molar-refractivity contribution in [3.63, 3.8) is 0 Å². The number of methoxy groups -OCH3 is 1. The van der Waals surface area contributed by atoms with E-state index in [-0.39, 0.29) is 5.82 Å². The molecule has 5 nitrogen and oxygen atoms in total. The summed E-state index contributed by atoms with van der Waals surface area (Å²) in [6.07, 6.45) is 1.78. The van der Waals surface area contributed by atoms with Crippen LogP contribution in [0.15, 0.2) is 41.7 Å². The predicted octanol–water partition coefficient (Wildman–Crippen LogP) is 4.02. The highest BCUT2D eigenvalue weighted by molar-refractivity contribution is 5.80. The van der Waals surface area contributed by atoms with E-state index in [2.05, 4.69) is 10.2 Å². The minimum Gasteiger partial charge on any atom is -0.496 e. The van der Waals surface area contributed by atoms with Crippen molar-refractivity contribution >= 4 is 11.5 Å². The molecule has 0 aliphatic rings. The van der Waals surface area contributed by atoms with Gasteiger partial charge in [0, 0.05) is 11.8 Å². The van der Waals surface area contributed by atoms with Crippen molar-refractivity contribution in [2.45, 2.75) is 13.8 Å². The minimum atomic E-state index is 0.286. The molecule has 0 amide bonds. The van der Waals surface area contributed by atoms with Crippen LogP contribution in [0.25, 0.3) is 16.9 Å². The first-order valence-electron chi connectivity index (χ1n) is 6.61. The maximum absolute atomic E-state index is 11.3. The maximum Gasteiger partial charge on any atom is 0.209 e. The zero-order chi connectivity index (χ0) is 15.0. The van der Waals surface area contributed by atoms with Crippen LogP contribution in [-0.2, 0) is 0 Å². The largest absolute Gasteiger partial charge is 0.496 e. The van der Waals surface area contributed by atoms with Crippen molar-refractivity contribution in [2.75, 3.05) is 7.11 Å². The van der Waals surface area contributed by atoms with E-state index < -0.39 is 0 Å². The lowest BCUT2D eigenvalue weighted by molar-refractivity contribution is 0.413. The van der Waals surface area contributed by atoms with Gasteiger partial charge in [-0.2, -0.15) is 0 Å². The molecule has 0 fully saturated rings. The number of pyridine rings is 1. The highest BCUT2D eigenvalue weighted by Gasteiger charge is 2.19. The molecule has 0 bridgehead atoms. The summed E-state index contributed by atoms with van der Waals surface area (Å²) in [5.41, 5.74) is 4.09. The van der Waals surface area contributed by atoms with Crippen LogP contribution in [-0.4, -0.2) is 16.5 Å². The number of hydrogen-bond acceptors (Lipinski definition) is 4. The fourth-order valence-electron chi connectivity index (χ4n) is 2.65. The van der Waals surface area contributed by atoms with Gasteiger partial charge in [0.05, 0.1) is 7.11 Å². The van der Waals surface area contributed by atoms with Gasteiger partial charge >= 0.3 is 0 Å². The first kappa shape index (κ1) is 13.3. The smallest absolute Gasteiger partial charge is 0.209 e. The zero-order valence-corrected chi connectivity index (χ0v) is 12.1. The zero-order valence-electron chi connectivity index (χ0n) is 12.1. The molecule has 0 radical (unpaired) electrons. The monoisotopic (exact) mass is 281 g/mol. The van der Waals surface area contributed by atoms with Gasteiger partial charge in [-0.05, 0) is 48.4 Å². The Balaban J connectivity index is 2.37. The Morgan fingerprint density at radius 2 is 2.05 bits per heavy atom. The summed E-state index contributed by atoms with van der Waals surface area (Å²) in [6, 6.07) is 9.55. The Kier molecular flexibility index (Phi) is 3.17. The number of fused-ring (bicyclic) bond motifs is 1. The van der Waals surface area contributed by atoms with Gasteiger partial charge in [-0.1, -0.05) is 12.1 Å². The van der Waals surface area contributed by atoms with E-state index in [0.29, 0.717) is 17.1 Å². The molecule has 2 aromatic heterocycles. The SMILES string of the molecule is COc1c(C)cc(C)cc1-c1nc2ccccn2c1N=O. The summed E-state index contributed by atoms with van der Waals surface area (Å²) >= 11 is 0. The molecule has 0 unspecified atom stereocenters. The average molecular weight is 281 g/mol. The Morgan fingerprint density at radius 3 is 2.76 bits per heavy atom. The summed E-state index contributed by atoms with van der Waals surface area (Å²) in [5.74, 6) is 1.00. The van der Waals surface area contributed by atoms with E-state index >= 15 is 0 Å². The van der Waals surface area contributed by atoms with Crippen LogP contribution < -0.4 is 4.74 Å². The Labute approximate surface area is 122 Å². The Morgan fingerprint density at radius 1 is 1.24 bits per heavy atom. The number of nitroso groups, excluding NO2 is 1. The molecule has 2 heterocycles. The molecule has 0 N–H and O–H groups in total. The predicted molar refractivity (Wildman–Crippen MR) is 82.1 cm³/mol. The molecule has 0 aliphatic carbocycles. The van der Waals surface area contributed by atoms with E-state index in [1.807, 2.05) is 44.2 Å². The molecule has 0 saturated heterocycles. The van der Waals surface area contributed by atoms with E-state index in [0.717, 1.165) is 16.7 Å². The molecule has 3 rings (SSSR count). The average Bonchev–Trinajstić information content (AvgIpc) is 2.84. The Hall–Kier alpha value is -2.69. The highest BCUT2D eigenvalue weighted by Crippen LogP contribution is 2.38. The second-order valence-corrected chi connectivity index (χ2v) is 4.97. The summed E-state index contributed by atoms with van der Waals surface area (Å²) < 4.78 is 7.17. The number of aromatic nitrogens is 2.